The highest BCUT2D eigenvalue weighted by molar-refractivity contribution is 5.94. The van der Waals surface area contributed by atoms with Crippen LogP contribution in [0, 0.1) is 0 Å². The minimum atomic E-state index is 0.206. The minimum Gasteiger partial charge on any atom is -0.383 e. The number of carbonyl (C=O) groups is 1. The van der Waals surface area contributed by atoms with Gasteiger partial charge in [0.15, 0.2) is 0 Å². The van der Waals surface area contributed by atoms with Gasteiger partial charge in [-0.05, 0) is 24.5 Å². The number of ether oxygens (including phenoxy) is 1. The summed E-state index contributed by atoms with van der Waals surface area (Å²) in [4.78, 5) is 14.2. The number of rotatable bonds is 6. The summed E-state index contributed by atoms with van der Waals surface area (Å²) < 4.78 is 4.95. The lowest BCUT2D eigenvalue weighted by Crippen LogP contribution is -2.37. The molecule has 2 rings (SSSR count). The van der Waals surface area contributed by atoms with Crippen LogP contribution in [-0.2, 0) is 16.0 Å². The third-order valence-electron chi connectivity index (χ3n) is 3.41. The summed E-state index contributed by atoms with van der Waals surface area (Å²) in [5.41, 5.74) is 2.38. The van der Waals surface area contributed by atoms with Gasteiger partial charge in [0, 0.05) is 38.9 Å². The maximum Gasteiger partial charge on any atom is 0.228 e. The zero-order chi connectivity index (χ0) is 13.5. The predicted molar refractivity (Wildman–Crippen MR) is 76.5 cm³/mol. The number of anilines is 1. The second-order valence-electron chi connectivity index (χ2n) is 4.77. The van der Waals surface area contributed by atoms with Crippen molar-refractivity contribution in [3.63, 3.8) is 0 Å². The van der Waals surface area contributed by atoms with E-state index in [9.17, 15) is 4.79 Å². The van der Waals surface area contributed by atoms with Crippen LogP contribution < -0.4 is 10.2 Å². The fourth-order valence-corrected chi connectivity index (χ4v) is 2.42. The lowest BCUT2D eigenvalue weighted by atomic mass is 10.0. The molecule has 0 saturated carbocycles. The molecule has 0 bridgehead atoms. The predicted octanol–water partition coefficient (Wildman–Crippen LogP) is 1.59. The molecule has 1 heterocycles. The van der Waals surface area contributed by atoms with Crippen LogP contribution in [0.25, 0.3) is 0 Å². The Kier molecular flexibility index (Phi) is 5.36. The molecule has 1 aromatic rings. The van der Waals surface area contributed by atoms with Crippen molar-refractivity contribution in [2.45, 2.75) is 19.3 Å². The van der Waals surface area contributed by atoms with Crippen molar-refractivity contribution in [1.29, 1.82) is 0 Å². The summed E-state index contributed by atoms with van der Waals surface area (Å²) in [5, 5.41) is 3.21. The molecule has 4 heteroatoms. The highest BCUT2D eigenvalue weighted by atomic mass is 16.5. The average Bonchev–Trinajstić information content (AvgIpc) is 2.46. The van der Waals surface area contributed by atoms with Gasteiger partial charge in [0.05, 0.1) is 6.61 Å². The Morgan fingerprint density at radius 3 is 3.05 bits per heavy atom. The van der Waals surface area contributed by atoms with Crippen LogP contribution >= 0.6 is 0 Å². The SMILES string of the molecule is COCCNCCC(=O)N1CCCc2ccccc21. The first-order chi connectivity index (χ1) is 9.33. The van der Waals surface area contributed by atoms with Crippen molar-refractivity contribution in [2.24, 2.45) is 0 Å². The van der Waals surface area contributed by atoms with E-state index in [1.165, 1.54) is 5.56 Å². The molecule has 0 aromatic heterocycles. The summed E-state index contributed by atoms with van der Waals surface area (Å²) in [7, 11) is 1.68. The number of hydrogen-bond acceptors (Lipinski definition) is 3. The third kappa shape index (κ3) is 3.78. The van der Waals surface area contributed by atoms with Gasteiger partial charge in [-0.1, -0.05) is 18.2 Å². The second kappa shape index (κ2) is 7.26. The van der Waals surface area contributed by atoms with Crippen molar-refractivity contribution in [2.75, 3.05) is 38.3 Å². The van der Waals surface area contributed by atoms with Crippen molar-refractivity contribution in [3.05, 3.63) is 29.8 Å². The molecule has 1 amide bonds. The number of nitrogens with zero attached hydrogens (tertiary/aromatic N) is 1. The van der Waals surface area contributed by atoms with E-state index in [4.69, 9.17) is 4.74 Å². The van der Waals surface area contributed by atoms with Crippen LogP contribution in [0.2, 0.25) is 0 Å². The molecule has 0 saturated heterocycles. The number of aryl methyl sites for hydroxylation is 1. The van der Waals surface area contributed by atoms with Gasteiger partial charge in [0.1, 0.15) is 0 Å². The smallest absolute Gasteiger partial charge is 0.228 e. The number of carbonyl (C=O) groups excluding carboxylic acids is 1. The third-order valence-corrected chi connectivity index (χ3v) is 3.41. The van der Waals surface area contributed by atoms with E-state index < -0.39 is 0 Å². The van der Waals surface area contributed by atoms with Gasteiger partial charge in [0.25, 0.3) is 0 Å². The standard InChI is InChI=1S/C15H22N2O2/c1-19-12-10-16-9-8-15(18)17-11-4-6-13-5-2-3-7-14(13)17/h2-3,5,7,16H,4,6,8-12H2,1H3. The maximum atomic E-state index is 12.2. The van der Waals surface area contributed by atoms with E-state index in [0.717, 1.165) is 31.6 Å². The Bertz CT molecular complexity index is 420. The molecular weight excluding hydrogens is 240 g/mol. The van der Waals surface area contributed by atoms with Crippen LogP contribution in [0.15, 0.2) is 24.3 Å². The van der Waals surface area contributed by atoms with Crippen LogP contribution in [0.1, 0.15) is 18.4 Å². The molecule has 4 nitrogen and oxygen atoms in total. The number of nitrogens with one attached hydrogen (secondary N) is 1. The molecule has 0 radical (unpaired) electrons. The van der Waals surface area contributed by atoms with Gasteiger partial charge in [-0.2, -0.15) is 0 Å². The number of para-hydroxylation sites is 1. The Morgan fingerprint density at radius 1 is 1.37 bits per heavy atom. The molecule has 1 aliphatic heterocycles. The molecule has 0 atom stereocenters. The minimum absolute atomic E-state index is 0.206. The fraction of sp³-hybridized carbons (Fsp3) is 0.533. The van der Waals surface area contributed by atoms with Crippen LogP contribution in [0.4, 0.5) is 5.69 Å². The van der Waals surface area contributed by atoms with Crippen LogP contribution in [0.3, 0.4) is 0 Å². The lowest BCUT2D eigenvalue weighted by molar-refractivity contribution is -0.118. The zero-order valence-electron chi connectivity index (χ0n) is 11.5. The molecule has 19 heavy (non-hydrogen) atoms. The van der Waals surface area contributed by atoms with Crippen molar-refractivity contribution >= 4 is 11.6 Å². The number of hydrogen-bond donors (Lipinski definition) is 1. The van der Waals surface area contributed by atoms with Crippen molar-refractivity contribution < 1.29 is 9.53 Å². The number of methoxy groups -OCH3 is 1. The summed E-state index contributed by atoms with van der Waals surface area (Å²) in [6, 6.07) is 8.21. The lowest BCUT2D eigenvalue weighted by Gasteiger charge is -2.29. The Balaban J connectivity index is 1.86. The van der Waals surface area contributed by atoms with E-state index in [2.05, 4.69) is 11.4 Å². The normalized spacial score (nSPS) is 14.3. The molecular formula is C15H22N2O2. The Morgan fingerprint density at radius 2 is 2.21 bits per heavy atom. The quantitative estimate of drug-likeness (QED) is 0.792. The monoisotopic (exact) mass is 262 g/mol. The Labute approximate surface area is 114 Å². The second-order valence-corrected chi connectivity index (χ2v) is 4.77. The van der Waals surface area contributed by atoms with Crippen molar-refractivity contribution in [1.82, 2.24) is 5.32 Å². The van der Waals surface area contributed by atoms with E-state index in [1.807, 2.05) is 23.1 Å². The maximum absolute atomic E-state index is 12.2. The number of fused-ring (bicyclic) bond motifs is 1. The van der Waals surface area contributed by atoms with E-state index in [1.54, 1.807) is 7.11 Å². The molecule has 0 aliphatic carbocycles. The van der Waals surface area contributed by atoms with Gasteiger partial charge in [-0.3, -0.25) is 4.79 Å². The van der Waals surface area contributed by atoms with E-state index >= 15 is 0 Å². The molecule has 1 aromatic carbocycles. The average molecular weight is 262 g/mol. The molecule has 1 N–H and O–H groups in total. The molecule has 0 spiro atoms. The number of benzene rings is 1. The van der Waals surface area contributed by atoms with Gasteiger partial charge in [-0.15, -0.1) is 0 Å². The van der Waals surface area contributed by atoms with Crippen molar-refractivity contribution in [3.8, 4) is 0 Å². The highest BCUT2D eigenvalue weighted by Gasteiger charge is 2.21. The number of amides is 1. The summed E-state index contributed by atoms with van der Waals surface area (Å²) >= 11 is 0. The largest absolute Gasteiger partial charge is 0.383 e. The first-order valence-corrected chi connectivity index (χ1v) is 6.91. The molecule has 0 unspecified atom stereocenters. The first kappa shape index (κ1) is 14.0. The zero-order valence-corrected chi connectivity index (χ0v) is 11.5. The first-order valence-electron chi connectivity index (χ1n) is 6.91. The summed E-state index contributed by atoms with van der Waals surface area (Å²) in [6.07, 6.45) is 2.67. The topological polar surface area (TPSA) is 41.6 Å². The van der Waals surface area contributed by atoms with Gasteiger partial charge in [0.2, 0.25) is 5.91 Å². The van der Waals surface area contributed by atoms with Gasteiger partial charge < -0.3 is 15.0 Å². The summed E-state index contributed by atoms with van der Waals surface area (Å²) in [6.45, 7) is 3.02. The van der Waals surface area contributed by atoms with Crippen LogP contribution in [0.5, 0.6) is 0 Å². The van der Waals surface area contributed by atoms with Gasteiger partial charge >= 0.3 is 0 Å². The molecule has 1 aliphatic rings. The fourth-order valence-electron chi connectivity index (χ4n) is 2.42. The Hall–Kier alpha value is -1.39. The van der Waals surface area contributed by atoms with E-state index in [0.29, 0.717) is 19.6 Å². The van der Waals surface area contributed by atoms with Crippen LogP contribution in [-0.4, -0.2) is 39.3 Å². The highest BCUT2D eigenvalue weighted by Crippen LogP contribution is 2.26. The summed E-state index contributed by atoms with van der Waals surface area (Å²) in [5.74, 6) is 0.206. The van der Waals surface area contributed by atoms with Gasteiger partial charge in [-0.25, -0.2) is 0 Å². The molecule has 104 valence electrons. The van der Waals surface area contributed by atoms with E-state index in [-0.39, 0.29) is 5.91 Å². The molecule has 0 fully saturated rings.